The summed E-state index contributed by atoms with van der Waals surface area (Å²) in [4.78, 5) is 4.63. The molecular formula is C17H20N4. The Kier molecular flexibility index (Phi) is 3.25. The summed E-state index contributed by atoms with van der Waals surface area (Å²) in [6, 6.07) is 11.4. The Bertz CT molecular complexity index is 611. The number of benzene rings is 1. The van der Waals surface area contributed by atoms with Gasteiger partial charge in [-0.05, 0) is 36.5 Å². The molecule has 2 N–H and O–H groups in total. The zero-order chi connectivity index (χ0) is 14.2. The second kappa shape index (κ2) is 5.25. The van der Waals surface area contributed by atoms with Gasteiger partial charge in [0.2, 0.25) is 0 Å². The average Bonchev–Trinajstić information content (AvgIpc) is 2.44. The zero-order valence-electron chi connectivity index (χ0n) is 12.0. The Balaban J connectivity index is 1.53. The molecular weight excluding hydrogens is 260 g/mol. The van der Waals surface area contributed by atoms with Crippen LogP contribution in [0.3, 0.4) is 0 Å². The van der Waals surface area contributed by atoms with Crippen LogP contribution >= 0.6 is 0 Å². The van der Waals surface area contributed by atoms with Crippen LogP contribution in [0.25, 0.3) is 0 Å². The summed E-state index contributed by atoms with van der Waals surface area (Å²) in [5.74, 6) is 1.20. The van der Waals surface area contributed by atoms with Gasteiger partial charge in [0, 0.05) is 43.3 Å². The lowest BCUT2D eigenvalue weighted by atomic mass is 9.71. The third-order valence-corrected chi connectivity index (χ3v) is 5.06. The van der Waals surface area contributed by atoms with Gasteiger partial charge in [-0.25, -0.2) is 0 Å². The summed E-state index contributed by atoms with van der Waals surface area (Å²) in [6.07, 6.45) is 2.30. The van der Waals surface area contributed by atoms with Crippen LogP contribution in [0.2, 0.25) is 0 Å². The highest BCUT2D eigenvalue weighted by Crippen LogP contribution is 2.39. The van der Waals surface area contributed by atoms with E-state index in [1.54, 1.807) is 0 Å². The summed E-state index contributed by atoms with van der Waals surface area (Å²) in [6.45, 7) is 3.14. The first kappa shape index (κ1) is 13.0. The van der Waals surface area contributed by atoms with Crippen LogP contribution in [0, 0.1) is 17.2 Å². The molecule has 3 atom stereocenters. The Morgan fingerprint density at radius 1 is 1.24 bits per heavy atom. The van der Waals surface area contributed by atoms with Crippen molar-refractivity contribution in [2.24, 2.45) is 10.9 Å². The number of nitriles is 1. The van der Waals surface area contributed by atoms with Crippen LogP contribution < -0.4 is 10.6 Å². The first-order valence-corrected chi connectivity index (χ1v) is 7.84. The van der Waals surface area contributed by atoms with Crippen LogP contribution in [-0.2, 0) is 0 Å². The molecule has 3 unspecified atom stereocenters. The average molecular weight is 280 g/mol. The molecule has 1 saturated carbocycles. The maximum Gasteiger partial charge on any atom is 0.0991 e. The van der Waals surface area contributed by atoms with Crippen LogP contribution in [-0.4, -0.2) is 37.4 Å². The van der Waals surface area contributed by atoms with Crippen molar-refractivity contribution in [1.82, 2.24) is 10.6 Å². The lowest BCUT2D eigenvalue weighted by Crippen LogP contribution is -2.62. The minimum atomic E-state index is 0.431. The number of hydrogen-bond donors (Lipinski definition) is 2. The Morgan fingerprint density at radius 2 is 2.14 bits per heavy atom. The van der Waals surface area contributed by atoms with E-state index >= 15 is 0 Å². The number of nitrogens with one attached hydrogen (secondary N) is 2. The standard InChI is InChI=1S/C17H20N4/c18-7-11-2-1-3-12(4-11)13-5-14-8-20-17(14)16(6-13)21-15-9-19-10-15/h1-4,13-16,19,21H,5-6,8-10H2. The molecule has 21 heavy (non-hydrogen) atoms. The Labute approximate surface area is 125 Å². The van der Waals surface area contributed by atoms with E-state index < -0.39 is 0 Å². The third-order valence-electron chi connectivity index (χ3n) is 5.06. The highest BCUT2D eigenvalue weighted by molar-refractivity contribution is 5.96. The lowest BCUT2D eigenvalue weighted by molar-refractivity contribution is 0.307. The molecule has 3 aliphatic rings. The fourth-order valence-corrected chi connectivity index (χ4v) is 3.74. The molecule has 0 amide bonds. The van der Waals surface area contributed by atoms with Crippen molar-refractivity contribution < 1.29 is 0 Å². The van der Waals surface area contributed by atoms with Gasteiger partial charge in [0.1, 0.15) is 0 Å². The maximum atomic E-state index is 9.09. The van der Waals surface area contributed by atoms with Crippen molar-refractivity contribution in [3.05, 3.63) is 35.4 Å². The summed E-state index contributed by atoms with van der Waals surface area (Å²) in [5.41, 5.74) is 3.49. The molecule has 1 aromatic rings. The maximum absolute atomic E-state index is 9.09. The van der Waals surface area contributed by atoms with Gasteiger partial charge in [-0.2, -0.15) is 5.26 Å². The SMILES string of the molecule is N#Cc1cccc(C2CC3CN=C3C(NC3CNC3)C2)c1. The predicted octanol–water partition coefficient (Wildman–Crippen LogP) is 1.44. The zero-order valence-corrected chi connectivity index (χ0v) is 12.0. The summed E-state index contributed by atoms with van der Waals surface area (Å²) < 4.78 is 0. The lowest BCUT2D eigenvalue weighted by Gasteiger charge is -2.44. The van der Waals surface area contributed by atoms with Gasteiger partial charge < -0.3 is 10.6 Å². The van der Waals surface area contributed by atoms with Crippen molar-refractivity contribution in [3.8, 4) is 6.07 Å². The van der Waals surface area contributed by atoms with E-state index in [4.69, 9.17) is 5.26 Å². The fraction of sp³-hybridized carbons (Fsp3) is 0.529. The van der Waals surface area contributed by atoms with Crippen LogP contribution in [0.15, 0.2) is 29.3 Å². The van der Waals surface area contributed by atoms with E-state index in [0.717, 1.165) is 31.6 Å². The summed E-state index contributed by atoms with van der Waals surface area (Å²) in [7, 11) is 0. The van der Waals surface area contributed by atoms with Gasteiger partial charge in [0.15, 0.2) is 0 Å². The molecule has 0 bridgehead atoms. The number of aliphatic imine (C=N–C) groups is 1. The minimum Gasteiger partial charge on any atom is -0.314 e. The molecule has 4 rings (SSSR count). The van der Waals surface area contributed by atoms with Crippen molar-refractivity contribution in [2.75, 3.05) is 19.6 Å². The Morgan fingerprint density at radius 3 is 2.81 bits per heavy atom. The fourth-order valence-electron chi connectivity index (χ4n) is 3.74. The van der Waals surface area contributed by atoms with E-state index in [1.807, 2.05) is 12.1 Å². The summed E-state index contributed by atoms with van der Waals surface area (Å²) in [5, 5.41) is 16.2. The molecule has 0 spiro atoms. The van der Waals surface area contributed by atoms with Crippen molar-refractivity contribution in [1.29, 1.82) is 5.26 Å². The number of fused-ring (bicyclic) bond motifs is 1. The van der Waals surface area contributed by atoms with Crippen LogP contribution in [0.1, 0.15) is 29.9 Å². The molecule has 108 valence electrons. The predicted molar refractivity (Wildman–Crippen MR) is 82.5 cm³/mol. The van der Waals surface area contributed by atoms with Crippen molar-refractivity contribution in [3.63, 3.8) is 0 Å². The van der Waals surface area contributed by atoms with Gasteiger partial charge in [-0.3, -0.25) is 4.99 Å². The highest BCUT2D eigenvalue weighted by atomic mass is 15.1. The minimum absolute atomic E-state index is 0.431. The molecule has 0 radical (unpaired) electrons. The smallest absolute Gasteiger partial charge is 0.0991 e. The van der Waals surface area contributed by atoms with E-state index in [0.29, 0.717) is 23.9 Å². The molecule has 2 fully saturated rings. The highest BCUT2D eigenvalue weighted by Gasteiger charge is 2.40. The van der Waals surface area contributed by atoms with Crippen molar-refractivity contribution >= 4 is 5.71 Å². The second-order valence-corrected chi connectivity index (χ2v) is 6.44. The largest absolute Gasteiger partial charge is 0.314 e. The van der Waals surface area contributed by atoms with Gasteiger partial charge in [-0.1, -0.05) is 12.1 Å². The number of hydrogen-bond acceptors (Lipinski definition) is 4. The first-order chi connectivity index (χ1) is 10.3. The monoisotopic (exact) mass is 280 g/mol. The van der Waals surface area contributed by atoms with Crippen LogP contribution in [0.5, 0.6) is 0 Å². The van der Waals surface area contributed by atoms with Crippen LogP contribution in [0.4, 0.5) is 0 Å². The van der Waals surface area contributed by atoms with Gasteiger partial charge in [0.25, 0.3) is 0 Å². The van der Waals surface area contributed by atoms with Gasteiger partial charge >= 0.3 is 0 Å². The number of rotatable bonds is 3. The molecule has 1 aliphatic carbocycles. The molecule has 1 saturated heterocycles. The molecule has 4 nitrogen and oxygen atoms in total. The third kappa shape index (κ3) is 2.37. The van der Waals surface area contributed by atoms with E-state index in [2.05, 4.69) is 33.8 Å². The van der Waals surface area contributed by atoms with Gasteiger partial charge in [-0.15, -0.1) is 0 Å². The first-order valence-electron chi connectivity index (χ1n) is 7.84. The quantitative estimate of drug-likeness (QED) is 0.880. The topological polar surface area (TPSA) is 60.2 Å². The molecule has 2 heterocycles. The van der Waals surface area contributed by atoms with E-state index in [1.165, 1.54) is 17.7 Å². The van der Waals surface area contributed by atoms with Gasteiger partial charge in [0.05, 0.1) is 11.6 Å². The Hall–Kier alpha value is -1.70. The molecule has 4 heteroatoms. The van der Waals surface area contributed by atoms with E-state index in [-0.39, 0.29) is 0 Å². The number of nitrogens with zero attached hydrogens (tertiary/aromatic N) is 2. The molecule has 1 aromatic carbocycles. The second-order valence-electron chi connectivity index (χ2n) is 6.44. The molecule has 0 aromatic heterocycles. The summed E-state index contributed by atoms with van der Waals surface area (Å²) >= 11 is 0. The normalized spacial score (nSPS) is 31.4. The van der Waals surface area contributed by atoms with E-state index in [9.17, 15) is 0 Å². The van der Waals surface area contributed by atoms with Crippen molar-refractivity contribution in [2.45, 2.75) is 30.8 Å². The molecule has 2 aliphatic heterocycles.